The Morgan fingerprint density at radius 1 is 1.20 bits per heavy atom. The summed E-state index contributed by atoms with van der Waals surface area (Å²) in [5.74, 6) is 0. The van der Waals surface area contributed by atoms with Gasteiger partial charge in [-0.15, -0.1) is 0 Å². The minimum absolute atomic E-state index is 0.425. The first-order valence-corrected chi connectivity index (χ1v) is 8.28. The summed E-state index contributed by atoms with van der Waals surface area (Å²) in [6.45, 7) is 10.6. The quantitative estimate of drug-likeness (QED) is 0.909. The molecule has 1 aromatic carbocycles. The lowest BCUT2D eigenvalue weighted by molar-refractivity contribution is 0.189. The number of halogens is 1. The third kappa shape index (κ3) is 3.54. The van der Waals surface area contributed by atoms with E-state index < -0.39 is 6.10 Å². The predicted molar refractivity (Wildman–Crippen MR) is 88.3 cm³/mol. The summed E-state index contributed by atoms with van der Waals surface area (Å²) in [7, 11) is 0. The average molecular weight is 341 g/mol. The smallest absolute Gasteiger partial charge is 0.0782 e. The van der Waals surface area contributed by atoms with Gasteiger partial charge in [0.05, 0.1) is 6.10 Å². The lowest BCUT2D eigenvalue weighted by Crippen LogP contribution is -2.49. The van der Waals surface area contributed by atoms with E-state index in [-0.39, 0.29) is 0 Å². The third-order valence-electron chi connectivity index (χ3n) is 4.31. The number of hydrogen-bond acceptors (Lipinski definition) is 3. The number of nitrogens with zero attached hydrogens (tertiary/aromatic N) is 2. The van der Waals surface area contributed by atoms with E-state index in [9.17, 15) is 5.11 Å². The zero-order valence-corrected chi connectivity index (χ0v) is 14.2. The predicted octanol–water partition coefficient (Wildman–Crippen LogP) is 3.42. The summed E-state index contributed by atoms with van der Waals surface area (Å²) in [5.41, 5.74) is 2.18. The fraction of sp³-hybridized carbons (Fsp3) is 0.625. The molecule has 2 unspecified atom stereocenters. The van der Waals surface area contributed by atoms with Crippen LogP contribution >= 0.6 is 15.9 Å². The van der Waals surface area contributed by atoms with Crippen molar-refractivity contribution in [1.82, 2.24) is 4.90 Å². The van der Waals surface area contributed by atoms with E-state index in [0.29, 0.717) is 6.04 Å². The number of rotatable bonds is 4. The molecule has 1 aliphatic rings. The first-order valence-electron chi connectivity index (χ1n) is 7.49. The van der Waals surface area contributed by atoms with Crippen molar-refractivity contribution in [2.24, 2.45) is 0 Å². The summed E-state index contributed by atoms with van der Waals surface area (Å²) in [5, 5.41) is 9.95. The molecule has 0 saturated carbocycles. The minimum atomic E-state index is -0.425. The first-order chi connectivity index (χ1) is 9.52. The van der Waals surface area contributed by atoms with Gasteiger partial charge in [-0.25, -0.2) is 0 Å². The lowest BCUT2D eigenvalue weighted by atomic mass is 10.1. The Kier molecular flexibility index (Phi) is 5.47. The molecule has 1 aromatic rings. The number of benzene rings is 1. The third-order valence-corrected chi connectivity index (χ3v) is 4.80. The van der Waals surface area contributed by atoms with Crippen molar-refractivity contribution >= 4 is 21.6 Å². The molecule has 3 nitrogen and oxygen atoms in total. The fourth-order valence-electron chi connectivity index (χ4n) is 2.81. The van der Waals surface area contributed by atoms with E-state index in [0.717, 1.165) is 41.9 Å². The fourth-order valence-corrected chi connectivity index (χ4v) is 3.15. The van der Waals surface area contributed by atoms with Crippen LogP contribution in [0.2, 0.25) is 0 Å². The summed E-state index contributed by atoms with van der Waals surface area (Å²) in [6, 6.07) is 6.81. The highest BCUT2D eigenvalue weighted by molar-refractivity contribution is 9.10. The van der Waals surface area contributed by atoms with E-state index in [1.54, 1.807) is 0 Å². The lowest BCUT2D eigenvalue weighted by Gasteiger charge is -2.39. The second-order valence-corrected chi connectivity index (χ2v) is 6.58. The van der Waals surface area contributed by atoms with Crippen LogP contribution in [0, 0.1) is 0 Å². The molecule has 0 bridgehead atoms. The van der Waals surface area contributed by atoms with Gasteiger partial charge in [0.25, 0.3) is 0 Å². The van der Waals surface area contributed by atoms with Crippen molar-refractivity contribution in [3.8, 4) is 0 Å². The Bertz CT molecular complexity index is 442. The monoisotopic (exact) mass is 340 g/mol. The molecular weight excluding hydrogens is 316 g/mol. The average Bonchev–Trinajstić information content (AvgIpc) is 2.46. The van der Waals surface area contributed by atoms with Crippen molar-refractivity contribution in [2.45, 2.75) is 39.3 Å². The van der Waals surface area contributed by atoms with Crippen molar-refractivity contribution in [2.75, 3.05) is 31.1 Å². The van der Waals surface area contributed by atoms with Crippen LogP contribution in [-0.4, -0.2) is 42.2 Å². The molecule has 2 rings (SSSR count). The van der Waals surface area contributed by atoms with Crippen LogP contribution in [-0.2, 0) is 0 Å². The highest BCUT2D eigenvalue weighted by atomic mass is 79.9. The van der Waals surface area contributed by atoms with Gasteiger partial charge in [0.15, 0.2) is 0 Å². The number of hydrogen-bond donors (Lipinski definition) is 1. The van der Waals surface area contributed by atoms with E-state index >= 15 is 0 Å². The Labute approximate surface area is 130 Å². The maximum absolute atomic E-state index is 9.95. The van der Waals surface area contributed by atoms with E-state index in [1.165, 1.54) is 6.42 Å². The molecule has 20 heavy (non-hydrogen) atoms. The summed E-state index contributed by atoms with van der Waals surface area (Å²) in [4.78, 5) is 4.95. The molecule has 1 aliphatic heterocycles. The van der Waals surface area contributed by atoms with Crippen molar-refractivity contribution < 1.29 is 5.11 Å². The Morgan fingerprint density at radius 3 is 2.40 bits per heavy atom. The van der Waals surface area contributed by atoms with Crippen LogP contribution in [0.5, 0.6) is 0 Å². The van der Waals surface area contributed by atoms with Crippen molar-refractivity contribution in [1.29, 1.82) is 0 Å². The van der Waals surface area contributed by atoms with Gasteiger partial charge in [0.1, 0.15) is 0 Å². The molecule has 0 spiro atoms. The van der Waals surface area contributed by atoms with Gasteiger partial charge < -0.3 is 10.0 Å². The van der Waals surface area contributed by atoms with Crippen LogP contribution < -0.4 is 4.90 Å². The van der Waals surface area contributed by atoms with Crippen LogP contribution in [0.3, 0.4) is 0 Å². The van der Waals surface area contributed by atoms with Gasteiger partial charge in [-0.1, -0.05) is 28.9 Å². The van der Waals surface area contributed by atoms with E-state index in [4.69, 9.17) is 0 Å². The van der Waals surface area contributed by atoms with Crippen LogP contribution in [0.25, 0.3) is 0 Å². The van der Waals surface area contributed by atoms with E-state index in [1.807, 2.05) is 19.1 Å². The molecule has 1 N–H and O–H groups in total. The molecule has 1 saturated heterocycles. The van der Waals surface area contributed by atoms with Crippen LogP contribution in [0.4, 0.5) is 5.69 Å². The summed E-state index contributed by atoms with van der Waals surface area (Å²) >= 11 is 3.54. The zero-order chi connectivity index (χ0) is 14.7. The highest BCUT2D eigenvalue weighted by Gasteiger charge is 2.22. The largest absolute Gasteiger partial charge is 0.389 e. The number of aliphatic hydroxyl groups excluding tert-OH is 1. The van der Waals surface area contributed by atoms with Gasteiger partial charge in [-0.2, -0.15) is 0 Å². The van der Waals surface area contributed by atoms with Crippen molar-refractivity contribution in [3.05, 3.63) is 28.2 Å². The number of piperazine rings is 1. The zero-order valence-electron chi connectivity index (χ0n) is 12.6. The standard InChI is InChI=1S/C16H25BrN2O/c1-4-12(2)18-7-9-19(10-8-18)16-11-14(17)5-6-15(16)13(3)20/h5-6,11-13,20H,4,7-10H2,1-3H3. The van der Waals surface area contributed by atoms with Crippen LogP contribution in [0.1, 0.15) is 38.9 Å². The molecule has 0 aliphatic carbocycles. The SMILES string of the molecule is CCC(C)N1CCN(c2cc(Br)ccc2C(C)O)CC1. The van der Waals surface area contributed by atoms with Crippen molar-refractivity contribution in [3.63, 3.8) is 0 Å². The Balaban J connectivity index is 2.12. The second kappa shape index (κ2) is 6.92. The van der Waals surface area contributed by atoms with Gasteiger partial charge >= 0.3 is 0 Å². The minimum Gasteiger partial charge on any atom is -0.389 e. The maximum Gasteiger partial charge on any atom is 0.0782 e. The van der Waals surface area contributed by atoms with Gasteiger partial charge in [-0.3, -0.25) is 4.90 Å². The summed E-state index contributed by atoms with van der Waals surface area (Å²) < 4.78 is 1.07. The molecule has 1 fully saturated rings. The number of anilines is 1. The molecule has 112 valence electrons. The van der Waals surface area contributed by atoms with E-state index in [2.05, 4.69) is 45.6 Å². The second-order valence-electron chi connectivity index (χ2n) is 5.66. The molecule has 0 aromatic heterocycles. The van der Waals surface area contributed by atoms with Gasteiger partial charge in [-0.05, 0) is 32.4 Å². The molecule has 0 amide bonds. The highest BCUT2D eigenvalue weighted by Crippen LogP contribution is 2.30. The van der Waals surface area contributed by atoms with Crippen LogP contribution in [0.15, 0.2) is 22.7 Å². The van der Waals surface area contributed by atoms with Gasteiger partial charge in [0.2, 0.25) is 0 Å². The van der Waals surface area contributed by atoms with Gasteiger partial charge in [0, 0.05) is 47.9 Å². The molecule has 4 heteroatoms. The maximum atomic E-state index is 9.95. The summed E-state index contributed by atoms with van der Waals surface area (Å²) in [6.07, 6.45) is 0.779. The Hall–Kier alpha value is -0.580. The Morgan fingerprint density at radius 2 is 1.85 bits per heavy atom. The molecule has 0 radical (unpaired) electrons. The molecular formula is C16H25BrN2O. The molecule has 1 heterocycles. The number of aliphatic hydroxyl groups is 1. The first kappa shape index (κ1) is 15.8. The molecule has 2 atom stereocenters. The topological polar surface area (TPSA) is 26.7 Å². The normalized spacial score (nSPS) is 19.9.